The summed E-state index contributed by atoms with van der Waals surface area (Å²) in [5.41, 5.74) is -12.4. The number of alkyl halides is 18. The maximum atomic E-state index is 13.0. The highest BCUT2D eigenvalue weighted by Gasteiger charge is 2.43. The zero-order valence-electron chi connectivity index (χ0n) is 24.8. The molecule has 0 N–H and O–H groups in total. The standard InChI is InChI=1S/C24H4F18O12S2/c25-19(26,27)49-13(43)5-1-7(15(45)51-21(31,32)33)11(8(2-5)16(46)52-22(34,35)36)55-56-12-9(17(47)53-23(37,38)39)3-6(14(44)50-20(28,29)30)4-10(12)18(48)54-24(40,41)42/h1-4H. The van der Waals surface area contributed by atoms with Crippen molar-refractivity contribution >= 4 is 57.4 Å². The molecule has 56 heavy (non-hydrogen) atoms. The molecule has 0 atom stereocenters. The highest BCUT2D eigenvalue weighted by Crippen LogP contribution is 2.46. The molecule has 0 heterocycles. The molecule has 0 aliphatic heterocycles. The molecule has 0 aliphatic rings. The van der Waals surface area contributed by atoms with E-state index < -0.39 is 163 Å². The molecule has 0 aliphatic carbocycles. The van der Waals surface area contributed by atoms with E-state index in [4.69, 9.17) is 0 Å². The smallest absolute Gasteiger partial charge is 0.369 e. The lowest BCUT2D eigenvalue weighted by atomic mass is 10.1. The van der Waals surface area contributed by atoms with Crippen LogP contribution in [0.4, 0.5) is 79.0 Å². The van der Waals surface area contributed by atoms with Gasteiger partial charge in [-0.25, -0.2) is 28.8 Å². The second kappa shape index (κ2) is 16.4. The van der Waals surface area contributed by atoms with E-state index in [1.165, 1.54) is 0 Å². The normalized spacial score (nSPS) is 12.7. The minimum atomic E-state index is -6.15. The van der Waals surface area contributed by atoms with Crippen LogP contribution in [0.2, 0.25) is 0 Å². The van der Waals surface area contributed by atoms with Crippen molar-refractivity contribution in [1.29, 1.82) is 0 Å². The molecule has 12 nitrogen and oxygen atoms in total. The maximum Gasteiger partial charge on any atom is 0.575 e. The summed E-state index contributed by atoms with van der Waals surface area (Å²) in [6.07, 6.45) is -36.6. The monoisotopic (exact) mass is 890 g/mol. The first-order valence-corrected chi connectivity index (χ1v) is 14.6. The molecule has 0 radical (unpaired) electrons. The van der Waals surface area contributed by atoms with Crippen LogP contribution in [0.3, 0.4) is 0 Å². The van der Waals surface area contributed by atoms with Gasteiger partial charge in [-0.15, -0.1) is 79.0 Å². The fourth-order valence-corrected chi connectivity index (χ4v) is 6.00. The molecule has 310 valence electrons. The van der Waals surface area contributed by atoms with Gasteiger partial charge in [0, 0.05) is 9.79 Å². The van der Waals surface area contributed by atoms with Crippen LogP contribution in [0.1, 0.15) is 62.1 Å². The molecule has 0 aromatic heterocycles. The van der Waals surface area contributed by atoms with Gasteiger partial charge in [0.25, 0.3) is 0 Å². The summed E-state index contributed by atoms with van der Waals surface area (Å²) in [6.45, 7) is 0. The van der Waals surface area contributed by atoms with Gasteiger partial charge in [-0.3, -0.25) is 0 Å². The van der Waals surface area contributed by atoms with E-state index in [0.29, 0.717) is 0 Å². The van der Waals surface area contributed by atoms with Crippen LogP contribution in [0.5, 0.6) is 0 Å². The van der Waals surface area contributed by atoms with Crippen molar-refractivity contribution in [2.45, 2.75) is 48.0 Å². The second-order valence-electron chi connectivity index (χ2n) is 8.98. The van der Waals surface area contributed by atoms with Gasteiger partial charge in [-0.05, 0) is 24.3 Å². The first kappa shape index (κ1) is 46.9. The quantitative estimate of drug-likeness (QED) is 0.102. The van der Waals surface area contributed by atoms with Crippen molar-refractivity contribution in [1.82, 2.24) is 0 Å². The highest BCUT2D eigenvalue weighted by atomic mass is 33.1. The first-order chi connectivity index (χ1) is 25.0. The van der Waals surface area contributed by atoms with Crippen molar-refractivity contribution in [2.24, 2.45) is 0 Å². The van der Waals surface area contributed by atoms with Gasteiger partial charge in [0.15, 0.2) is 0 Å². The summed E-state index contributed by atoms with van der Waals surface area (Å²) in [4.78, 5) is 70.1. The van der Waals surface area contributed by atoms with E-state index in [0.717, 1.165) is 0 Å². The predicted molar refractivity (Wildman–Crippen MR) is 133 cm³/mol. The van der Waals surface area contributed by atoms with Crippen LogP contribution in [0.25, 0.3) is 0 Å². The zero-order valence-corrected chi connectivity index (χ0v) is 26.5. The van der Waals surface area contributed by atoms with Crippen LogP contribution in [0.15, 0.2) is 34.1 Å². The Kier molecular flexibility index (Phi) is 13.7. The Morgan fingerprint density at radius 3 is 0.643 bits per heavy atom. The van der Waals surface area contributed by atoms with Crippen molar-refractivity contribution in [3.05, 3.63) is 57.6 Å². The minimum absolute atomic E-state index is 0.427. The topological polar surface area (TPSA) is 158 Å². The maximum absolute atomic E-state index is 13.0. The van der Waals surface area contributed by atoms with Gasteiger partial charge in [0.05, 0.1) is 33.4 Å². The van der Waals surface area contributed by atoms with Gasteiger partial charge in [0.2, 0.25) is 0 Å². The third-order valence-corrected chi connectivity index (χ3v) is 7.53. The van der Waals surface area contributed by atoms with E-state index in [1.807, 2.05) is 0 Å². The number of rotatable bonds is 9. The fourth-order valence-electron chi connectivity index (χ4n) is 3.33. The van der Waals surface area contributed by atoms with Crippen molar-refractivity contribution in [2.75, 3.05) is 0 Å². The third-order valence-electron chi connectivity index (χ3n) is 4.99. The van der Waals surface area contributed by atoms with Gasteiger partial charge < -0.3 is 28.4 Å². The Morgan fingerprint density at radius 1 is 0.321 bits per heavy atom. The van der Waals surface area contributed by atoms with Gasteiger partial charge >= 0.3 is 74.0 Å². The summed E-state index contributed by atoms with van der Waals surface area (Å²) in [7, 11) is -1.75. The average molecular weight is 890 g/mol. The summed E-state index contributed by atoms with van der Waals surface area (Å²) in [6, 6.07) is -1.71. The molecule has 2 aromatic rings. The number of carbonyl (C=O) groups is 6. The lowest BCUT2D eigenvalue weighted by Crippen LogP contribution is -2.25. The van der Waals surface area contributed by atoms with E-state index in [9.17, 15) is 108 Å². The molecular formula is C24H4F18O12S2. The number of hydrogen-bond donors (Lipinski definition) is 0. The van der Waals surface area contributed by atoms with Crippen LogP contribution in [-0.4, -0.2) is 74.0 Å². The number of benzene rings is 2. The number of esters is 6. The van der Waals surface area contributed by atoms with Crippen molar-refractivity contribution < 1.29 is 136 Å². The Balaban J connectivity index is 3.10. The molecule has 0 amide bonds. The Hall–Kier alpha value is -5.30. The summed E-state index contributed by atoms with van der Waals surface area (Å²) >= 11 is 0. The van der Waals surface area contributed by atoms with Crippen molar-refractivity contribution in [3.63, 3.8) is 0 Å². The Morgan fingerprint density at radius 2 is 0.482 bits per heavy atom. The lowest BCUT2D eigenvalue weighted by Gasteiger charge is -2.19. The number of carbonyl (C=O) groups excluding carboxylic acids is 6. The van der Waals surface area contributed by atoms with E-state index in [-0.39, 0.29) is 0 Å². The molecule has 0 saturated carbocycles. The lowest BCUT2D eigenvalue weighted by molar-refractivity contribution is -0.293. The zero-order chi connectivity index (χ0) is 43.6. The molecule has 32 heteroatoms. The van der Waals surface area contributed by atoms with E-state index >= 15 is 0 Å². The molecule has 0 saturated heterocycles. The van der Waals surface area contributed by atoms with Gasteiger partial charge in [0.1, 0.15) is 0 Å². The summed E-state index contributed by atoms with van der Waals surface area (Å²) in [5.74, 6) is -17.5. The van der Waals surface area contributed by atoms with E-state index in [1.54, 1.807) is 0 Å². The molecule has 0 fully saturated rings. The molecule has 2 aromatic carbocycles. The Bertz CT molecular complexity index is 1660. The predicted octanol–water partition coefficient (Wildman–Crippen LogP) is 8.55. The number of ether oxygens (including phenoxy) is 6. The fraction of sp³-hybridized carbons (Fsp3) is 0.250. The van der Waals surface area contributed by atoms with Crippen LogP contribution < -0.4 is 0 Å². The van der Waals surface area contributed by atoms with Crippen LogP contribution >= 0.6 is 21.6 Å². The second-order valence-corrected chi connectivity index (χ2v) is 11.1. The summed E-state index contributed by atoms with van der Waals surface area (Å²) < 4.78 is 249. The average Bonchev–Trinajstić information content (AvgIpc) is 2.93. The van der Waals surface area contributed by atoms with Crippen LogP contribution in [0, 0.1) is 0 Å². The van der Waals surface area contributed by atoms with Gasteiger partial charge in [-0.2, -0.15) is 0 Å². The highest BCUT2D eigenvalue weighted by molar-refractivity contribution is 8.76. The Labute approximate surface area is 299 Å². The third kappa shape index (κ3) is 15.1. The molecular weight excluding hydrogens is 886 g/mol. The molecule has 0 bridgehead atoms. The molecule has 0 unspecified atom stereocenters. The molecule has 2 rings (SSSR count). The summed E-state index contributed by atoms with van der Waals surface area (Å²) in [5, 5.41) is 0. The number of hydrogen-bond acceptors (Lipinski definition) is 14. The largest absolute Gasteiger partial charge is 0.575 e. The van der Waals surface area contributed by atoms with Crippen molar-refractivity contribution in [3.8, 4) is 0 Å². The minimum Gasteiger partial charge on any atom is -0.369 e. The molecule has 0 spiro atoms. The van der Waals surface area contributed by atoms with Gasteiger partial charge in [-0.1, -0.05) is 21.6 Å². The number of halogens is 18. The first-order valence-electron chi connectivity index (χ1n) is 12.5. The van der Waals surface area contributed by atoms with E-state index in [2.05, 4.69) is 28.4 Å². The van der Waals surface area contributed by atoms with Crippen LogP contribution in [-0.2, 0) is 28.4 Å². The SMILES string of the molecule is O=C(OC(F)(F)F)c1cc(C(=O)OC(F)(F)F)c(SSc2c(C(=O)OC(F)(F)F)cc(C(=O)OC(F)(F)F)cc2C(=O)OC(F)(F)F)c(C(=O)OC(F)(F)F)c1.